The van der Waals surface area contributed by atoms with Gasteiger partial charge in [0.25, 0.3) is 0 Å². The predicted molar refractivity (Wildman–Crippen MR) is 32.6 cm³/mol. The van der Waals surface area contributed by atoms with Crippen LogP contribution in [0, 0.1) is 0 Å². The maximum absolute atomic E-state index is 9.84. The van der Waals surface area contributed by atoms with E-state index in [0.29, 0.717) is 6.42 Å². The SMILES string of the molecule is CCCCNS(=O)(=O)[O-].[Li+]. The maximum Gasteiger partial charge on any atom is 1.00 e. The van der Waals surface area contributed by atoms with E-state index in [1.54, 1.807) is 0 Å². The summed E-state index contributed by atoms with van der Waals surface area (Å²) in [6, 6.07) is 0. The summed E-state index contributed by atoms with van der Waals surface area (Å²) in [5.74, 6) is 0. The van der Waals surface area contributed by atoms with E-state index >= 15 is 0 Å². The Balaban J connectivity index is 0. The fourth-order valence-electron chi connectivity index (χ4n) is 0.374. The summed E-state index contributed by atoms with van der Waals surface area (Å²) < 4.78 is 31.4. The van der Waals surface area contributed by atoms with Gasteiger partial charge in [-0.1, -0.05) is 13.3 Å². The molecule has 0 rings (SSSR count). The topological polar surface area (TPSA) is 69.2 Å². The van der Waals surface area contributed by atoms with Crippen molar-refractivity contribution in [2.75, 3.05) is 6.54 Å². The standard InChI is InChI=1S/C4H11NO3S.Li/c1-2-3-4-5-9(6,7)8;/h5H,2-4H2,1H3,(H,6,7,8);/q;+1/p-1. The van der Waals surface area contributed by atoms with Crippen LogP contribution in [-0.2, 0) is 10.3 Å². The number of rotatable bonds is 4. The first-order valence-corrected chi connectivity index (χ1v) is 4.17. The Morgan fingerprint density at radius 3 is 2.30 bits per heavy atom. The molecule has 0 spiro atoms. The molecular formula is C4H10LiNO3S. The van der Waals surface area contributed by atoms with Gasteiger partial charge >= 0.3 is 18.9 Å². The van der Waals surface area contributed by atoms with Crippen molar-refractivity contribution in [1.82, 2.24) is 4.72 Å². The molecule has 0 aliphatic carbocycles. The Morgan fingerprint density at radius 2 is 2.00 bits per heavy atom. The van der Waals surface area contributed by atoms with Crippen LogP contribution in [0.25, 0.3) is 0 Å². The second-order valence-electron chi connectivity index (χ2n) is 1.70. The number of hydrogen-bond acceptors (Lipinski definition) is 3. The predicted octanol–water partition coefficient (Wildman–Crippen LogP) is -3.16. The molecule has 0 aromatic rings. The largest absolute Gasteiger partial charge is 1.00 e. The summed E-state index contributed by atoms with van der Waals surface area (Å²) in [6.07, 6.45) is 1.59. The molecule has 0 amide bonds. The quantitative estimate of drug-likeness (QED) is 0.267. The van der Waals surface area contributed by atoms with Crippen molar-refractivity contribution in [2.45, 2.75) is 19.8 Å². The molecule has 0 saturated heterocycles. The molecule has 0 aliphatic rings. The first kappa shape index (κ1) is 13.1. The summed E-state index contributed by atoms with van der Waals surface area (Å²) in [5.41, 5.74) is 0. The molecule has 0 aromatic carbocycles. The third-order valence-corrected chi connectivity index (χ3v) is 1.37. The van der Waals surface area contributed by atoms with Crippen LogP contribution in [0.3, 0.4) is 0 Å². The van der Waals surface area contributed by atoms with E-state index in [-0.39, 0.29) is 25.4 Å². The van der Waals surface area contributed by atoms with Gasteiger partial charge in [-0.05, 0) is 6.42 Å². The van der Waals surface area contributed by atoms with Gasteiger partial charge in [0.2, 0.25) is 0 Å². The van der Waals surface area contributed by atoms with E-state index in [1.807, 2.05) is 11.6 Å². The van der Waals surface area contributed by atoms with Gasteiger partial charge in [-0.3, -0.25) is 0 Å². The molecule has 4 nitrogen and oxygen atoms in total. The van der Waals surface area contributed by atoms with Crippen molar-refractivity contribution in [1.29, 1.82) is 0 Å². The molecule has 1 N–H and O–H groups in total. The molecule has 10 heavy (non-hydrogen) atoms. The first-order chi connectivity index (χ1) is 4.06. The van der Waals surface area contributed by atoms with Crippen molar-refractivity contribution in [3.8, 4) is 0 Å². The van der Waals surface area contributed by atoms with Crippen molar-refractivity contribution < 1.29 is 31.8 Å². The van der Waals surface area contributed by atoms with Gasteiger partial charge in [0.05, 0.1) is 0 Å². The fraction of sp³-hybridized carbons (Fsp3) is 1.00. The van der Waals surface area contributed by atoms with Crippen molar-refractivity contribution in [2.24, 2.45) is 0 Å². The van der Waals surface area contributed by atoms with Crippen molar-refractivity contribution >= 4 is 10.3 Å². The van der Waals surface area contributed by atoms with Crippen LogP contribution in [-0.4, -0.2) is 19.5 Å². The van der Waals surface area contributed by atoms with Gasteiger partial charge < -0.3 is 4.55 Å². The van der Waals surface area contributed by atoms with Gasteiger partial charge in [0.1, 0.15) is 0 Å². The Bertz CT molecular complexity index is 156. The third-order valence-electron chi connectivity index (χ3n) is 0.809. The van der Waals surface area contributed by atoms with Crippen LogP contribution in [0.1, 0.15) is 19.8 Å². The zero-order chi connectivity index (χ0) is 7.33. The zero-order valence-electron chi connectivity index (χ0n) is 6.25. The van der Waals surface area contributed by atoms with Crippen LogP contribution in [0.4, 0.5) is 0 Å². The number of unbranched alkanes of at least 4 members (excludes halogenated alkanes) is 1. The third kappa shape index (κ3) is 11.3. The average Bonchev–Trinajstić information content (AvgIpc) is 1.63. The summed E-state index contributed by atoms with van der Waals surface area (Å²) in [7, 11) is -4.20. The molecule has 0 atom stereocenters. The van der Waals surface area contributed by atoms with Crippen molar-refractivity contribution in [3.63, 3.8) is 0 Å². The molecule has 0 bridgehead atoms. The average molecular weight is 159 g/mol. The Morgan fingerprint density at radius 1 is 1.50 bits per heavy atom. The minimum atomic E-state index is -4.20. The molecule has 6 heteroatoms. The summed E-state index contributed by atoms with van der Waals surface area (Å²) >= 11 is 0. The van der Waals surface area contributed by atoms with Gasteiger partial charge in [-0.2, -0.15) is 0 Å². The van der Waals surface area contributed by atoms with E-state index in [4.69, 9.17) is 0 Å². The molecule has 0 saturated carbocycles. The van der Waals surface area contributed by atoms with Crippen molar-refractivity contribution in [3.05, 3.63) is 0 Å². The van der Waals surface area contributed by atoms with Crippen LogP contribution in [0.2, 0.25) is 0 Å². The minimum Gasteiger partial charge on any atom is -0.735 e. The molecule has 0 aliphatic heterocycles. The van der Waals surface area contributed by atoms with E-state index < -0.39 is 10.3 Å². The number of nitrogens with one attached hydrogen (secondary N) is 1. The van der Waals surface area contributed by atoms with Crippen LogP contribution >= 0.6 is 0 Å². The number of hydrogen-bond donors (Lipinski definition) is 1. The van der Waals surface area contributed by atoms with E-state index in [1.165, 1.54) is 0 Å². The molecule has 0 unspecified atom stereocenters. The van der Waals surface area contributed by atoms with Gasteiger partial charge in [-0.15, -0.1) is 0 Å². The normalized spacial score (nSPS) is 10.6. The smallest absolute Gasteiger partial charge is 0.735 e. The second kappa shape index (κ2) is 6.20. The molecule has 0 aromatic heterocycles. The van der Waals surface area contributed by atoms with E-state index in [9.17, 15) is 13.0 Å². The molecule has 0 radical (unpaired) electrons. The Hall–Kier alpha value is 0.467. The molecule has 56 valence electrons. The van der Waals surface area contributed by atoms with Crippen LogP contribution in [0.5, 0.6) is 0 Å². The van der Waals surface area contributed by atoms with E-state index in [0.717, 1.165) is 6.42 Å². The van der Waals surface area contributed by atoms with Crippen LogP contribution < -0.4 is 23.6 Å². The summed E-state index contributed by atoms with van der Waals surface area (Å²) in [6.45, 7) is 2.17. The fourth-order valence-corrected chi connectivity index (χ4v) is 0.768. The monoisotopic (exact) mass is 159 g/mol. The van der Waals surface area contributed by atoms with Gasteiger partial charge in [0, 0.05) is 6.54 Å². The summed E-state index contributed by atoms with van der Waals surface area (Å²) in [4.78, 5) is 0. The van der Waals surface area contributed by atoms with Gasteiger partial charge in [-0.25, -0.2) is 13.1 Å². The molecule has 0 fully saturated rings. The molecular weight excluding hydrogens is 149 g/mol. The van der Waals surface area contributed by atoms with E-state index in [2.05, 4.69) is 0 Å². The second-order valence-corrected chi connectivity index (χ2v) is 2.90. The Labute approximate surface area is 73.4 Å². The summed E-state index contributed by atoms with van der Waals surface area (Å²) in [5, 5.41) is 0. The maximum atomic E-state index is 9.84. The Kier molecular flexibility index (Phi) is 8.11. The minimum absolute atomic E-state index is 0. The zero-order valence-corrected chi connectivity index (χ0v) is 7.07. The van der Waals surface area contributed by atoms with Gasteiger partial charge in [0.15, 0.2) is 10.3 Å². The molecule has 0 heterocycles. The first-order valence-electron chi connectivity index (χ1n) is 2.76. The van der Waals surface area contributed by atoms with Crippen LogP contribution in [0.15, 0.2) is 0 Å².